The molecule has 2 aromatic rings. The van der Waals surface area contributed by atoms with Crippen LogP contribution in [0.5, 0.6) is 0 Å². The number of carboxylic acids is 1. The largest absolute Gasteiger partial charge is 0.476 e. The van der Waals surface area contributed by atoms with E-state index in [0.717, 1.165) is 12.0 Å². The Hall–Kier alpha value is -1.88. The van der Waals surface area contributed by atoms with Gasteiger partial charge in [0.2, 0.25) is 0 Å². The Morgan fingerprint density at radius 2 is 2.14 bits per heavy atom. The zero-order chi connectivity index (χ0) is 15.4. The van der Waals surface area contributed by atoms with Gasteiger partial charge in [0.05, 0.1) is 5.69 Å². The average molecular weight is 308 g/mol. The molecule has 0 spiro atoms. The zero-order valence-electron chi connectivity index (χ0n) is 12.1. The van der Waals surface area contributed by atoms with E-state index in [4.69, 9.17) is 11.6 Å². The molecule has 0 aliphatic carbocycles. The van der Waals surface area contributed by atoms with Crippen molar-refractivity contribution >= 4 is 17.6 Å². The number of nitrogens with zero attached hydrogens (tertiary/aromatic N) is 3. The van der Waals surface area contributed by atoms with Gasteiger partial charge in [-0.3, -0.25) is 0 Å². The van der Waals surface area contributed by atoms with Crippen LogP contribution in [-0.4, -0.2) is 26.1 Å². The summed E-state index contributed by atoms with van der Waals surface area (Å²) in [6.45, 7) is 4.84. The molecule has 5 nitrogen and oxygen atoms in total. The van der Waals surface area contributed by atoms with Gasteiger partial charge in [0.25, 0.3) is 0 Å². The molecular formula is C15H18ClN3O2. The average Bonchev–Trinajstić information content (AvgIpc) is 2.84. The van der Waals surface area contributed by atoms with E-state index >= 15 is 0 Å². The summed E-state index contributed by atoms with van der Waals surface area (Å²) in [7, 11) is 0. The highest BCUT2D eigenvalue weighted by atomic mass is 35.5. The normalized spacial score (nSPS) is 12.3. The fraction of sp³-hybridized carbons (Fsp3) is 0.400. The van der Waals surface area contributed by atoms with Crippen LogP contribution in [0.4, 0.5) is 0 Å². The third-order valence-electron chi connectivity index (χ3n) is 3.54. The summed E-state index contributed by atoms with van der Waals surface area (Å²) in [6.07, 6.45) is 1.40. The number of hydrogen-bond acceptors (Lipinski definition) is 3. The van der Waals surface area contributed by atoms with E-state index in [2.05, 4.69) is 24.2 Å². The van der Waals surface area contributed by atoms with Gasteiger partial charge in [-0.2, -0.15) is 0 Å². The van der Waals surface area contributed by atoms with Gasteiger partial charge in [0, 0.05) is 18.0 Å². The van der Waals surface area contributed by atoms with Crippen LogP contribution >= 0.6 is 11.6 Å². The quantitative estimate of drug-likeness (QED) is 0.889. The Balaban J connectivity index is 2.37. The third-order valence-corrected chi connectivity index (χ3v) is 3.91. The molecule has 0 bridgehead atoms. The Morgan fingerprint density at radius 1 is 1.43 bits per heavy atom. The van der Waals surface area contributed by atoms with Gasteiger partial charge in [-0.1, -0.05) is 55.3 Å². The lowest BCUT2D eigenvalue weighted by atomic mass is 10.1. The first-order chi connectivity index (χ1) is 10.0. The first-order valence-electron chi connectivity index (χ1n) is 6.92. The lowest BCUT2D eigenvalue weighted by Crippen LogP contribution is -2.13. The maximum atomic E-state index is 11.3. The van der Waals surface area contributed by atoms with Gasteiger partial charge in [-0.25, -0.2) is 9.48 Å². The number of hydrogen-bond donors (Lipinski definition) is 1. The van der Waals surface area contributed by atoms with E-state index in [1.165, 1.54) is 0 Å². The van der Waals surface area contributed by atoms with Crippen LogP contribution in [0.3, 0.4) is 0 Å². The molecule has 1 unspecified atom stereocenters. The van der Waals surface area contributed by atoms with Crippen molar-refractivity contribution in [2.24, 2.45) is 5.92 Å². The van der Waals surface area contributed by atoms with Crippen molar-refractivity contribution in [3.05, 3.63) is 46.2 Å². The Kier molecular flexibility index (Phi) is 4.96. The summed E-state index contributed by atoms with van der Waals surface area (Å²) in [5.74, 6) is -0.661. The minimum Gasteiger partial charge on any atom is -0.476 e. The number of rotatable bonds is 6. The predicted molar refractivity (Wildman–Crippen MR) is 80.7 cm³/mol. The number of aromatic carboxylic acids is 1. The van der Waals surface area contributed by atoms with E-state index in [-0.39, 0.29) is 5.69 Å². The van der Waals surface area contributed by atoms with Crippen molar-refractivity contribution in [1.29, 1.82) is 0 Å². The number of halogens is 1. The predicted octanol–water partition coefficient (Wildman–Crippen LogP) is 3.27. The Morgan fingerprint density at radius 3 is 2.76 bits per heavy atom. The number of benzene rings is 1. The molecular weight excluding hydrogens is 290 g/mol. The molecule has 112 valence electrons. The Bertz CT molecular complexity index is 640. The van der Waals surface area contributed by atoms with E-state index in [9.17, 15) is 9.90 Å². The molecule has 21 heavy (non-hydrogen) atoms. The fourth-order valence-corrected chi connectivity index (χ4v) is 2.27. The number of aromatic nitrogens is 3. The van der Waals surface area contributed by atoms with Gasteiger partial charge in [-0.15, -0.1) is 5.10 Å². The van der Waals surface area contributed by atoms with Gasteiger partial charge < -0.3 is 5.11 Å². The molecule has 1 N–H and O–H groups in total. The van der Waals surface area contributed by atoms with Crippen LogP contribution in [0.15, 0.2) is 24.3 Å². The lowest BCUT2D eigenvalue weighted by molar-refractivity contribution is 0.0689. The molecule has 1 aromatic carbocycles. The highest BCUT2D eigenvalue weighted by molar-refractivity contribution is 6.31. The van der Waals surface area contributed by atoms with E-state index in [1.54, 1.807) is 10.7 Å². The number of carbonyl (C=O) groups is 1. The molecule has 0 aliphatic rings. The van der Waals surface area contributed by atoms with E-state index < -0.39 is 5.97 Å². The summed E-state index contributed by atoms with van der Waals surface area (Å²) >= 11 is 6.16. The van der Waals surface area contributed by atoms with Crippen LogP contribution in [0.1, 0.15) is 42.0 Å². The van der Waals surface area contributed by atoms with Gasteiger partial charge >= 0.3 is 5.97 Å². The minimum atomic E-state index is -1.06. The molecule has 2 rings (SSSR count). The van der Waals surface area contributed by atoms with Crippen molar-refractivity contribution in [1.82, 2.24) is 15.0 Å². The van der Waals surface area contributed by atoms with Crippen LogP contribution in [0, 0.1) is 5.92 Å². The van der Waals surface area contributed by atoms with Crippen molar-refractivity contribution in [3.8, 4) is 0 Å². The van der Waals surface area contributed by atoms with Crippen LogP contribution in [0.25, 0.3) is 0 Å². The Labute approximate surface area is 128 Å². The second-order valence-electron chi connectivity index (χ2n) is 5.15. The molecule has 1 aromatic heterocycles. The van der Waals surface area contributed by atoms with Crippen molar-refractivity contribution < 1.29 is 9.90 Å². The van der Waals surface area contributed by atoms with Crippen LogP contribution in [0.2, 0.25) is 5.02 Å². The highest BCUT2D eigenvalue weighted by Crippen LogP contribution is 2.21. The summed E-state index contributed by atoms with van der Waals surface area (Å²) in [6, 6.07) is 7.40. The summed E-state index contributed by atoms with van der Waals surface area (Å²) in [4.78, 5) is 11.3. The fourth-order valence-electron chi connectivity index (χ4n) is 2.07. The van der Waals surface area contributed by atoms with Crippen molar-refractivity contribution in [2.45, 2.75) is 33.2 Å². The molecule has 6 heteroatoms. The smallest absolute Gasteiger partial charge is 0.358 e. The lowest BCUT2D eigenvalue weighted by Gasteiger charge is -2.12. The molecule has 0 amide bonds. The molecule has 0 saturated carbocycles. The maximum absolute atomic E-state index is 11.3. The maximum Gasteiger partial charge on any atom is 0.358 e. The van der Waals surface area contributed by atoms with Gasteiger partial charge in [0.15, 0.2) is 5.69 Å². The van der Waals surface area contributed by atoms with Crippen molar-refractivity contribution in [3.63, 3.8) is 0 Å². The monoisotopic (exact) mass is 307 g/mol. The molecule has 0 aliphatic heterocycles. The van der Waals surface area contributed by atoms with E-state index in [0.29, 0.717) is 29.6 Å². The van der Waals surface area contributed by atoms with Crippen LogP contribution in [-0.2, 0) is 13.0 Å². The highest BCUT2D eigenvalue weighted by Gasteiger charge is 2.20. The molecule has 0 saturated heterocycles. The molecule has 0 fully saturated rings. The molecule has 1 atom stereocenters. The van der Waals surface area contributed by atoms with Gasteiger partial charge in [-0.05, 0) is 17.5 Å². The third kappa shape index (κ3) is 3.61. The second kappa shape index (κ2) is 6.72. The van der Waals surface area contributed by atoms with E-state index in [1.807, 2.05) is 18.2 Å². The first-order valence-corrected chi connectivity index (χ1v) is 7.29. The standard InChI is InChI=1S/C15H18ClN3O2/c1-3-10(2)9-19-13(14(15(20)21)17-18-19)8-11-6-4-5-7-12(11)16/h4-7,10H,3,8-9H2,1-2H3,(H,20,21). The minimum absolute atomic E-state index is 0.00165. The first kappa shape index (κ1) is 15.5. The molecule has 0 radical (unpaired) electrons. The number of carboxylic acid groups (broad SMARTS) is 1. The topological polar surface area (TPSA) is 68.0 Å². The summed E-state index contributed by atoms with van der Waals surface area (Å²) < 4.78 is 1.68. The van der Waals surface area contributed by atoms with Crippen molar-refractivity contribution in [2.75, 3.05) is 0 Å². The summed E-state index contributed by atoms with van der Waals surface area (Å²) in [5.41, 5.74) is 1.46. The zero-order valence-corrected chi connectivity index (χ0v) is 12.8. The second-order valence-corrected chi connectivity index (χ2v) is 5.56. The molecule has 1 heterocycles. The summed E-state index contributed by atoms with van der Waals surface area (Å²) in [5, 5.41) is 17.7. The SMILES string of the molecule is CCC(C)Cn1nnc(C(=O)O)c1Cc1ccccc1Cl. The van der Waals surface area contributed by atoms with Gasteiger partial charge in [0.1, 0.15) is 0 Å². The van der Waals surface area contributed by atoms with Crippen LogP contribution < -0.4 is 0 Å².